The number of anilines is 1. The van der Waals surface area contributed by atoms with Crippen LogP contribution < -0.4 is 15.7 Å². The van der Waals surface area contributed by atoms with Crippen molar-refractivity contribution >= 4 is 28.5 Å². The van der Waals surface area contributed by atoms with E-state index in [4.69, 9.17) is 13.9 Å². The molecule has 0 bridgehead atoms. The van der Waals surface area contributed by atoms with E-state index >= 15 is 0 Å². The first-order valence-corrected chi connectivity index (χ1v) is 10.7. The van der Waals surface area contributed by atoms with Crippen LogP contribution in [0.3, 0.4) is 0 Å². The molecule has 1 heterocycles. The molecular formula is C25H27NO6. The molecule has 0 saturated carbocycles. The Hall–Kier alpha value is -3.61. The predicted octanol–water partition coefficient (Wildman–Crippen LogP) is 4.86. The highest BCUT2D eigenvalue weighted by Gasteiger charge is 2.09. The van der Waals surface area contributed by atoms with Crippen LogP contribution in [0.25, 0.3) is 11.0 Å². The lowest BCUT2D eigenvalue weighted by molar-refractivity contribution is -0.118. The maximum atomic E-state index is 12.2. The van der Waals surface area contributed by atoms with Crippen LogP contribution in [0.4, 0.5) is 5.69 Å². The molecule has 0 aliphatic rings. The van der Waals surface area contributed by atoms with Crippen LogP contribution in [-0.4, -0.2) is 25.1 Å². The van der Waals surface area contributed by atoms with Crippen molar-refractivity contribution in [2.75, 3.05) is 18.5 Å². The predicted molar refractivity (Wildman–Crippen MR) is 122 cm³/mol. The highest BCUT2D eigenvalue weighted by molar-refractivity contribution is 5.93. The van der Waals surface area contributed by atoms with E-state index in [-0.39, 0.29) is 18.5 Å². The lowest BCUT2D eigenvalue weighted by Gasteiger charge is -2.09. The van der Waals surface area contributed by atoms with Crippen molar-refractivity contribution in [3.8, 4) is 5.75 Å². The number of hydrogen-bond acceptors (Lipinski definition) is 6. The summed E-state index contributed by atoms with van der Waals surface area (Å²) in [6, 6.07) is 13.0. The average Bonchev–Trinajstić information content (AvgIpc) is 2.77. The number of benzene rings is 2. The first-order chi connectivity index (χ1) is 15.5. The third kappa shape index (κ3) is 6.44. The van der Waals surface area contributed by atoms with Gasteiger partial charge in [-0.3, -0.25) is 4.79 Å². The number of esters is 1. The second kappa shape index (κ2) is 11.1. The summed E-state index contributed by atoms with van der Waals surface area (Å²) in [7, 11) is 0. The van der Waals surface area contributed by atoms with Gasteiger partial charge in [0, 0.05) is 23.2 Å². The number of fused-ring (bicyclic) bond motifs is 1. The number of rotatable bonds is 10. The fourth-order valence-corrected chi connectivity index (χ4v) is 3.21. The quantitative estimate of drug-likeness (QED) is 0.277. The van der Waals surface area contributed by atoms with Crippen molar-refractivity contribution in [1.29, 1.82) is 0 Å². The molecule has 7 heteroatoms. The third-order valence-corrected chi connectivity index (χ3v) is 4.93. The van der Waals surface area contributed by atoms with Crippen LogP contribution in [0, 0.1) is 6.92 Å². The van der Waals surface area contributed by atoms with E-state index in [1.165, 1.54) is 6.07 Å². The maximum absolute atomic E-state index is 12.2. The molecule has 0 spiro atoms. The van der Waals surface area contributed by atoms with Crippen LogP contribution in [0.15, 0.2) is 57.7 Å². The normalized spacial score (nSPS) is 10.7. The fourth-order valence-electron chi connectivity index (χ4n) is 3.21. The molecule has 3 aromatic rings. The van der Waals surface area contributed by atoms with Crippen molar-refractivity contribution in [2.45, 2.75) is 39.5 Å². The summed E-state index contributed by atoms with van der Waals surface area (Å²) in [5, 5.41) is 3.52. The van der Waals surface area contributed by atoms with E-state index in [2.05, 4.69) is 12.2 Å². The minimum atomic E-state index is -0.436. The molecule has 0 fully saturated rings. The monoisotopic (exact) mass is 437 g/mol. The molecule has 168 valence electrons. The van der Waals surface area contributed by atoms with E-state index in [0.717, 1.165) is 36.6 Å². The summed E-state index contributed by atoms with van der Waals surface area (Å²) in [5.74, 6) is -0.318. The molecule has 7 nitrogen and oxygen atoms in total. The Balaban J connectivity index is 1.49. The Morgan fingerprint density at radius 1 is 1.00 bits per heavy atom. The van der Waals surface area contributed by atoms with Gasteiger partial charge in [0.15, 0.2) is 6.61 Å². The van der Waals surface area contributed by atoms with Crippen molar-refractivity contribution < 1.29 is 23.5 Å². The zero-order valence-corrected chi connectivity index (χ0v) is 18.3. The number of hydrogen-bond donors (Lipinski definition) is 1. The number of carbonyl (C=O) groups is 2. The summed E-state index contributed by atoms with van der Waals surface area (Å²) in [5.41, 5.74) is 1.75. The van der Waals surface area contributed by atoms with E-state index in [9.17, 15) is 14.4 Å². The second-order valence-corrected chi connectivity index (χ2v) is 7.52. The first-order valence-electron chi connectivity index (χ1n) is 10.7. The molecule has 0 atom stereocenters. The van der Waals surface area contributed by atoms with Gasteiger partial charge < -0.3 is 19.2 Å². The lowest BCUT2D eigenvalue weighted by atomic mass is 10.1. The van der Waals surface area contributed by atoms with Crippen molar-refractivity contribution in [3.05, 3.63) is 70.1 Å². The molecule has 2 aromatic carbocycles. The topological polar surface area (TPSA) is 94.8 Å². The number of unbranched alkanes of at least 4 members (excludes halogenated alkanes) is 3. The third-order valence-electron chi connectivity index (χ3n) is 4.93. The zero-order valence-electron chi connectivity index (χ0n) is 18.3. The molecule has 0 aliphatic heterocycles. The molecule has 1 aromatic heterocycles. The van der Waals surface area contributed by atoms with Crippen LogP contribution >= 0.6 is 0 Å². The Kier molecular flexibility index (Phi) is 8.02. The van der Waals surface area contributed by atoms with Gasteiger partial charge in [-0.15, -0.1) is 0 Å². The van der Waals surface area contributed by atoms with E-state index in [1.807, 2.05) is 6.92 Å². The zero-order chi connectivity index (χ0) is 22.9. The standard InChI is InChI=1S/C25H27NO6/c1-3-4-5-6-13-30-25(29)18-7-9-19(10-8-18)26-23(27)16-31-20-11-12-21-17(2)14-24(28)32-22(21)15-20/h7-12,14-15H,3-6,13,16H2,1-2H3,(H,26,27). The van der Waals surface area contributed by atoms with Gasteiger partial charge in [0.2, 0.25) is 0 Å². The van der Waals surface area contributed by atoms with Crippen LogP contribution in [0.5, 0.6) is 5.75 Å². The second-order valence-electron chi connectivity index (χ2n) is 7.52. The van der Waals surface area contributed by atoms with Gasteiger partial charge in [0.1, 0.15) is 11.3 Å². The van der Waals surface area contributed by atoms with Gasteiger partial charge >= 0.3 is 11.6 Å². The van der Waals surface area contributed by atoms with Crippen LogP contribution in [0.2, 0.25) is 0 Å². The summed E-state index contributed by atoms with van der Waals surface area (Å²) in [4.78, 5) is 35.8. The maximum Gasteiger partial charge on any atom is 0.338 e. The van der Waals surface area contributed by atoms with E-state index in [1.54, 1.807) is 42.5 Å². The molecule has 0 aliphatic carbocycles. The first kappa shape index (κ1) is 23.1. The van der Waals surface area contributed by atoms with Gasteiger partial charge in [0.25, 0.3) is 5.91 Å². The highest BCUT2D eigenvalue weighted by Crippen LogP contribution is 2.22. The van der Waals surface area contributed by atoms with E-state index in [0.29, 0.717) is 29.2 Å². The van der Waals surface area contributed by atoms with Gasteiger partial charge in [-0.1, -0.05) is 26.2 Å². The van der Waals surface area contributed by atoms with Gasteiger partial charge in [0.05, 0.1) is 12.2 Å². The molecule has 3 rings (SSSR count). The molecule has 32 heavy (non-hydrogen) atoms. The molecular weight excluding hydrogens is 410 g/mol. The minimum absolute atomic E-state index is 0.219. The van der Waals surface area contributed by atoms with Crippen LogP contribution in [-0.2, 0) is 9.53 Å². The van der Waals surface area contributed by atoms with Gasteiger partial charge in [-0.2, -0.15) is 0 Å². The minimum Gasteiger partial charge on any atom is -0.484 e. The highest BCUT2D eigenvalue weighted by atomic mass is 16.5. The summed E-state index contributed by atoms with van der Waals surface area (Å²) in [6.45, 7) is 4.14. The summed E-state index contributed by atoms with van der Waals surface area (Å²) in [6.07, 6.45) is 4.17. The molecule has 0 saturated heterocycles. The Labute approximate surface area is 186 Å². The summed E-state index contributed by atoms with van der Waals surface area (Å²) >= 11 is 0. The Morgan fingerprint density at radius 3 is 2.53 bits per heavy atom. The Bertz CT molecular complexity index is 1130. The largest absolute Gasteiger partial charge is 0.484 e. The molecule has 0 unspecified atom stereocenters. The molecule has 1 N–H and O–H groups in total. The van der Waals surface area contributed by atoms with Crippen molar-refractivity contribution in [1.82, 2.24) is 0 Å². The molecule has 1 amide bonds. The number of ether oxygens (including phenoxy) is 2. The van der Waals surface area contributed by atoms with Crippen molar-refractivity contribution in [2.24, 2.45) is 0 Å². The van der Waals surface area contributed by atoms with Crippen molar-refractivity contribution in [3.63, 3.8) is 0 Å². The SMILES string of the molecule is CCCCCCOC(=O)c1ccc(NC(=O)COc2ccc3c(C)cc(=O)oc3c2)cc1. The lowest BCUT2D eigenvalue weighted by Crippen LogP contribution is -2.20. The number of nitrogens with one attached hydrogen (secondary N) is 1. The molecule has 0 radical (unpaired) electrons. The van der Waals surface area contributed by atoms with E-state index < -0.39 is 5.63 Å². The fraction of sp³-hybridized carbons (Fsp3) is 0.320. The van der Waals surface area contributed by atoms with Crippen LogP contribution in [0.1, 0.15) is 48.5 Å². The van der Waals surface area contributed by atoms with Gasteiger partial charge in [-0.25, -0.2) is 9.59 Å². The summed E-state index contributed by atoms with van der Waals surface area (Å²) < 4.78 is 16.0. The number of aryl methyl sites for hydroxylation is 1. The average molecular weight is 437 g/mol. The Morgan fingerprint density at radius 2 is 1.78 bits per heavy atom. The number of carbonyl (C=O) groups excluding carboxylic acids is 2. The number of amides is 1. The van der Waals surface area contributed by atoms with Gasteiger partial charge in [-0.05, 0) is 55.3 Å². The smallest absolute Gasteiger partial charge is 0.338 e.